The molecule has 6 rings (SSSR count). The van der Waals surface area contributed by atoms with Gasteiger partial charge in [-0.25, -0.2) is 13.8 Å². The van der Waals surface area contributed by atoms with E-state index in [9.17, 15) is 13.6 Å². The summed E-state index contributed by atoms with van der Waals surface area (Å²) < 4.78 is 49.5. The number of alkyl halides is 2. The van der Waals surface area contributed by atoms with Crippen LogP contribution in [-0.4, -0.2) is 55.2 Å². The van der Waals surface area contributed by atoms with Gasteiger partial charge in [-0.05, 0) is 92.0 Å². The molecule has 3 atom stereocenters. The van der Waals surface area contributed by atoms with E-state index in [1.54, 1.807) is 6.07 Å². The van der Waals surface area contributed by atoms with E-state index in [4.69, 9.17) is 23.9 Å². The van der Waals surface area contributed by atoms with Crippen molar-refractivity contribution in [2.75, 3.05) is 38.4 Å². The number of amides is 1. The maximum atomic E-state index is 13.1. The van der Waals surface area contributed by atoms with Crippen LogP contribution in [0, 0.1) is 12.8 Å². The number of hydrogen-bond acceptors (Lipinski definition) is 7. The summed E-state index contributed by atoms with van der Waals surface area (Å²) in [6.07, 6.45) is 3.29. The lowest BCUT2D eigenvalue weighted by Gasteiger charge is -2.24. The van der Waals surface area contributed by atoms with Gasteiger partial charge in [0.25, 0.3) is 12.3 Å². The molecule has 3 aromatic rings. The minimum absolute atomic E-state index is 0.0116. The number of anilines is 1. The SMILES string of the molecule is Cc1ccc(NC(=O)c2ccnc(C(F)F)c2)cc1-c1cc(OCCOC2CCCCO2)nc(C23CCOCC2C3)c1. The van der Waals surface area contributed by atoms with Crippen molar-refractivity contribution >= 4 is 11.6 Å². The van der Waals surface area contributed by atoms with Gasteiger partial charge in [-0.2, -0.15) is 0 Å². The number of ether oxygens (including phenoxy) is 4. The van der Waals surface area contributed by atoms with Crippen molar-refractivity contribution in [3.8, 4) is 17.0 Å². The van der Waals surface area contributed by atoms with Crippen molar-refractivity contribution in [3.63, 3.8) is 0 Å². The average molecular weight is 580 g/mol. The Bertz CT molecular complexity index is 1430. The molecule has 1 N–H and O–H groups in total. The first-order valence-corrected chi connectivity index (χ1v) is 14.5. The number of halogens is 2. The van der Waals surface area contributed by atoms with E-state index in [2.05, 4.69) is 16.4 Å². The number of fused-ring (bicyclic) bond motifs is 1. The molecule has 1 aromatic carbocycles. The van der Waals surface area contributed by atoms with Gasteiger partial charge < -0.3 is 24.3 Å². The molecule has 3 fully saturated rings. The van der Waals surface area contributed by atoms with Crippen molar-refractivity contribution in [3.05, 3.63) is 71.2 Å². The molecule has 1 amide bonds. The molecule has 3 aliphatic rings. The van der Waals surface area contributed by atoms with Crippen LogP contribution >= 0.6 is 0 Å². The minimum Gasteiger partial charge on any atom is -0.475 e. The summed E-state index contributed by atoms with van der Waals surface area (Å²) in [7, 11) is 0. The third-order valence-corrected chi connectivity index (χ3v) is 8.40. The van der Waals surface area contributed by atoms with Gasteiger partial charge in [0, 0.05) is 42.1 Å². The number of nitrogens with zero attached hydrogens (tertiary/aromatic N) is 2. The van der Waals surface area contributed by atoms with Crippen LogP contribution < -0.4 is 10.1 Å². The molecule has 4 heterocycles. The number of carbonyl (C=O) groups is 1. The largest absolute Gasteiger partial charge is 0.475 e. The molecule has 0 radical (unpaired) electrons. The first-order valence-electron chi connectivity index (χ1n) is 14.5. The lowest BCUT2D eigenvalue weighted by molar-refractivity contribution is -0.165. The highest BCUT2D eigenvalue weighted by atomic mass is 19.3. The van der Waals surface area contributed by atoms with Crippen LogP contribution in [0.3, 0.4) is 0 Å². The molecule has 222 valence electrons. The number of aromatic nitrogens is 2. The van der Waals surface area contributed by atoms with Gasteiger partial charge in [0.05, 0.1) is 18.9 Å². The van der Waals surface area contributed by atoms with Crippen LogP contribution in [0.5, 0.6) is 5.88 Å². The van der Waals surface area contributed by atoms with Crippen LogP contribution in [0.25, 0.3) is 11.1 Å². The maximum Gasteiger partial charge on any atom is 0.280 e. The molecule has 10 heteroatoms. The topological polar surface area (TPSA) is 91.8 Å². The second-order valence-electron chi connectivity index (χ2n) is 11.2. The Morgan fingerprint density at radius 3 is 2.86 bits per heavy atom. The van der Waals surface area contributed by atoms with Gasteiger partial charge in [-0.15, -0.1) is 0 Å². The molecule has 42 heavy (non-hydrogen) atoms. The predicted molar refractivity (Wildman–Crippen MR) is 152 cm³/mol. The van der Waals surface area contributed by atoms with E-state index in [1.165, 1.54) is 12.3 Å². The highest BCUT2D eigenvalue weighted by Gasteiger charge is 2.57. The molecular weight excluding hydrogens is 544 g/mol. The quantitative estimate of drug-likeness (QED) is 0.284. The highest BCUT2D eigenvalue weighted by Crippen LogP contribution is 2.58. The number of aryl methyl sites for hydroxylation is 1. The predicted octanol–water partition coefficient (Wildman–Crippen LogP) is 6.24. The zero-order valence-corrected chi connectivity index (χ0v) is 23.6. The first-order chi connectivity index (χ1) is 20.4. The molecule has 2 aliphatic heterocycles. The van der Waals surface area contributed by atoms with E-state index >= 15 is 0 Å². The highest BCUT2D eigenvalue weighted by molar-refractivity contribution is 6.04. The molecule has 0 bridgehead atoms. The lowest BCUT2D eigenvalue weighted by atomic mass is 9.90. The Morgan fingerprint density at radius 2 is 2.05 bits per heavy atom. The van der Waals surface area contributed by atoms with E-state index < -0.39 is 18.0 Å². The second kappa shape index (κ2) is 12.4. The standard InChI is InChI=1S/C32H35F2N3O5/c1-20-5-6-24(36-31(38)21-7-9-35-26(14-21)30(33)34)17-25(20)22-15-27(32-8-11-39-19-23(32)18-32)37-28(16-22)40-12-13-42-29-4-2-3-10-41-29/h5-7,9,14-17,23,29-30H,2-4,8,10-13,18-19H2,1H3,(H,36,38). The summed E-state index contributed by atoms with van der Waals surface area (Å²) in [5, 5.41) is 2.84. The number of rotatable bonds is 10. The summed E-state index contributed by atoms with van der Waals surface area (Å²) in [6, 6.07) is 12.2. The smallest absolute Gasteiger partial charge is 0.280 e. The lowest BCUT2D eigenvalue weighted by Crippen LogP contribution is -2.25. The molecule has 2 saturated heterocycles. The van der Waals surface area contributed by atoms with Crippen molar-refractivity contribution < 1.29 is 32.5 Å². The first kappa shape index (κ1) is 28.6. The van der Waals surface area contributed by atoms with Gasteiger partial charge in [-0.3, -0.25) is 9.78 Å². The van der Waals surface area contributed by atoms with Gasteiger partial charge in [-0.1, -0.05) is 6.07 Å². The fourth-order valence-electron chi connectivity index (χ4n) is 5.91. The van der Waals surface area contributed by atoms with E-state index in [1.807, 2.05) is 25.1 Å². The Labute approximate surface area is 243 Å². The molecule has 0 spiro atoms. The molecule has 2 aromatic heterocycles. The molecule has 1 saturated carbocycles. The molecule has 3 unspecified atom stereocenters. The summed E-state index contributed by atoms with van der Waals surface area (Å²) in [6.45, 7) is 4.91. The molecule has 8 nitrogen and oxygen atoms in total. The minimum atomic E-state index is -2.76. The van der Waals surface area contributed by atoms with E-state index in [0.29, 0.717) is 37.3 Å². The van der Waals surface area contributed by atoms with Crippen molar-refractivity contribution in [2.45, 2.75) is 57.2 Å². The molecular formula is C32H35F2N3O5. The summed E-state index contributed by atoms with van der Waals surface area (Å²) in [5.74, 6) is 0.476. The second-order valence-corrected chi connectivity index (χ2v) is 11.2. The van der Waals surface area contributed by atoms with Gasteiger partial charge in [0.15, 0.2) is 6.29 Å². The molecule has 1 aliphatic carbocycles. The third kappa shape index (κ3) is 6.30. The van der Waals surface area contributed by atoms with Crippen LogP contribution in [0.4, 0.5) is 14.5 Å². The number of benzene rings is 1. The fraction of sp³-hybridized carbons (Fsp3) is 0.469. The number of carbonyl (C=O) groups excluding carboxylic acids is 1. The third-order valence-electron chi connectivity index (χ3n) is 8.40. The van der Waals surface area contributed by atoms with Crippen molar-refractivity contribution in [1.29, 1.82) is 0 Å². The van der Waals surface area contributed by atoms with Crippen LogP contribution in [0.2, 0.25) is 0 Å². The Morgan fingerprint density at radius 1 is 1.14 bits per heavy atom. The van der Waals surface area contributed by atoms with Crippen molar-refractivity contribution in [1.82, 2.24) is 9.97 Å². The normalized spacial score (nSPS) is 23.3. The number of pyridine rings is 2. The van der Waals surface area contributed by atoms with Gasteiger partial charge in [0.2, 0.25) is 5.88 Å². The monoisotopic (exact) mass is 579 g/mol. The number of nitrogens with one attached hydrogen (secondary N) is 1. The van der Waals surface area contributed by atoms with E-state index in [-0.39, 0.29) is 17.3 Å². The van der Waals surface area contributed by atoms with Crippen LogP contribution in [0.1, 0.15) is 65.8 Å². The Hall–Kier alpha value is -3.47. The van der Waals surface area contributed by atoms with Crippen LogP contribution in [-0.2, 0) is 19.6 Å². The summed E-state index contributed by atoms with van der Waals surface area (Å²) in [4.78, 5) is 21.5. The Balaban J connectivity index is 1.24. The number of hydrogen-bond donors (Lipinski definition) is 1. The fourth-order valence-corrected chi connectivity index (χ4v) is 5.91. The zero-order chi connectivity index (χ0) is 29.1. The zero-order valence-electron chi connectivity index (χ0n) is 23.6. The maximum absolute atomic E-state index is 13.1. The summed E-state index contributed by atoms with van der Waals surface area (Å²) >= 11 is 0. The average Bonchev–Trinajstić information content (AvgIpc) is 3.77. The van der Waals surface area contributed by atoms with Crippen LogP contribution in [0.15, 0.2) is 48.7 Å². The van der Waals surface area contributed by atoms with Crippen molar-refractivity contribution in [2.24, 2.45) is 5.92 Å². The summed E-state index contributed by atoms with van der Waals surface area (Å²) in [5.41, 5.74) is 4.05. The Kier molecular flexibility index (Phi) is 8.46. The van der Waals surface area contributed by atoms with E-state index in [0.717, 1.165) is 73.8 Å². The van der Waals surface area contributed by atoms with Gasteiger partial charge >= 0.3 is 0 Å². The van der Waals surface area contributed by atoms with Gasteiger partial charge in [0.1, 0.15) is 12.3 Å².